The third-order valence-corrected chi connectivity index (χ3v) is 4.60. The third-order valence-electron chi connectivity index (χ3n) is 4.60. The van der Waals surface area contributed by atoms with Crippen LogP contribution in [0, 0.1) is 11.8 Å². The van der Waals surface area contributed by atoms with Gasteiger partial charge in [0.05, 0.1) is 0 Å². The maximum absolute atomic E-state index is 12.5. The predicted octanol–water partition coefficient (Wildman–Crippen LogP) is 1.08. The van der Waals surface area contributed by atoms with Crippen molar-refractivity contribution in [3.63, 3.8) is 0 Å². The molecule has 2 N–H and O–H groups in total. The molecule has 0 radical (unpaired) electrons. The Bertz CT molecular complexity index is 303. The van der Waals surface area contributed by atoms with Crippen LogP contribution in [0.25, 0.3) is 0 Å². The Balaban J connectivity index is 1.77. The van der Waals surface area contributed by atoms with Crippen molar-refractivity contribution in [2.24, 2.45) is 17.6 Å². The van der Waals surface area contributed by atoms with Crippen LogP contribution in [0.2, 0.25) is 0 Å². The lowest BCUT2D eigenvalue weighted by Crippen LogP contribution is -2.50. The second-order valence-corrected chi connectivity index (χ2v) is 5.87. The van der Waals surface area contributed by atoms with E-state index in [-0.39, 0.29) is 5.92 Å². The molecule has 108 valence electrons. The molecule has 1 saturated carbocycles. The van der Waals surface area contributed by atoms with Gasteiger partial charge < -0.3 is 10.6 Å². The number of amides is 1. The van der Waals surface area contributed by atoms with Crippen molar-refractivity contribution >= 4 is 5.91 Å². The molecule has 2 fully saturated rings. The van der Waals surface area contributed by atoms with Crippen molar-refractivity contribution < 1.29 is 4.79 Å². The SMILES string of the molecule is C=CCN1CCN(C(=O)C2CCC(CN)CC2)CC1. The minimum atomic E-state index is 0.258. The van der Waals surface area contributed by atoms with Gasteiger partial charge in [0.15, 0.2) is 0 Å². The quantitative estimate of drug-likeness (QED) is 0.774. The van der Waals surface area contributed by atoms with Gasteiger partial charge in [0.25, 0.3) is 0 Å². The molecule has 1 amide bonds. The maximum atomic E-state index is 12.5. The summed E-state index contributed by atoms with van der Waals surface area (Å²) in [7, 11) is 0. The molecule has 2 aliphatic rings. The highest BCUT2D eigenvalue weighted by Gasteiger charge is 2.30. The zero-order chi connectivity index (χ0) is 13.7. The number of nitrogens with zero attached hydrogens (tertiary/aromatic N) is 2. The van der Waals surface area contributed by atoms with E-state index in [0.717, 1.165) is 65.0 Å². The van der Waals surface area contributed by atoms with Crippen molar-refractivity contribution in [2.75, 3.05) is 39.3 Å². The minimum Gasteiger partial charge on any atom is -0.340 e. The van der Waals surface area contributed by atoms with Crippen LogP contribution < -0.4 is 5.73 Å². The summed E-state index contributed by atoms with van der Waals surface area (Å²) in [5, 5.41) is 0. The second-order valence-electron chi connectivity index (χ2n) is 5.87. The van der Waals surface area contributed by atoms with Crippen molar-refractivity contribution in [2.45, 2.75) is 25.7 Å². The fourth-order valence-corrected chi connectivity index (χ4v) is 3.24. The molecule has 2 rings (SSSR count). The van der Waals surface area contributed by atoms with Crippen molar-refractivity contribution in [3.8, 4) is 0 Å². The highest BCUT2D eigenvalue weighted by Crippen LogP contribution is 2.29. The first-order valence-electron chi connectivity index (χ1n) is 7.56. The van der Waals surface area contributed by atoms with Crippen LogP contribution in [0.1, 0.15) is 25.7 Å². The number of carbonyl (C=O) groups excluding carboxylic acids is 1. The molecule has 0 aromatic carbocycles. The Morgan fingerprint density at radius 3 is 2.32 bits per heavy atom. The number of piperazine rings is 1. The van der Waals surface area contributed by atoms with Gasteiger partial charge in [-0.25, -0.2) is 0 Å². The van der Waals surface area contributed by atoms with Crippen molar-refractivity contribution in [1.29, 1.82) is 0 Å². The van der Waals surface area contributed by atoms with Crippen LogP contribution in [0.3, 0.4) is 0 Å². The Morgan fingerprint density at radius 2 is 1.79 bits per heavy atom. The van der Waals surface area contributed by atoms with E-state index < -0.39 is 0 Å². The van der Waals surface area contributed by atoms with Crippen LogP contribution in [-0.2, 0) is 4.79 Å². The molecule has 0 aromatic heterocycles. The average Bonchev–Trinajstić information content (AvgIpc) is 2.48. The number of hydrogen-bond donors (Lipinski definition) is 1. The van der Waals surface area contributed by atoms with Gasteiger partial charge in [0, 0.05) is 38.6 Å². The van der Waals surface area contributed by atoms with E-state index in [9.17, 15) is 4.79 Å². The first-order chi connectivity index (χ1) is 9.24. The maximum Gasteiger partial charge on any atom is 0.225 e. The highest BCUT2D eigenvalue weighted by molar-refractivity contribution is 5.79. The van der Waals surface area contributed by atoms with Crippen LogP contribution in [0.5, 0.6) is 0 Å². The molecule has 1 aliphatic heterocycles. The number of rotatable bonds is 4. The molecule has 0 spiro atoms. The summed E-state index contributed by atoms with van der Waals surface area (Å²) >= 11 is 0. The van der Waals surface area contributed by atoms with Gasteiger partial charge in [-0.2, -0.15) is 0 Å². The summed E-state index contributed by atoms with van der Waals surface area (Å²) in [5.74, 6) is 1.29. The fourth-order valence-electron chi connectivity index (χ4n) is 3.24. The van der Waals surface area contributed by atoms with Crippen LogP contribution in [0.4, 0.5) is 0 Å². The molecule has 1 saturated heterocycles. The summed E-state index contributed by atoms with van der Waals surface area (Å²) < 4.78 is 0. The van der Waals surface area contributed by atoms with Gasteiger partial charge in [-0.05, 0) is 38.1 Å². The van der Waals surface area contributed by atoms with E-state index in [0.29, 0.717) is 11.8 Å². The average molecular weight is 265 g/mol. The molecule has 4 heteroatoms. The van der Waals surface area contributed by atoms with E-state index >= 15 is 0 Å². The van der Waals surface area contributed by atoms with Gasteiger partial charge in [0.1, 0.15) is 0 Å². The monoisotopic (exact) mass is 265 g/mol. The zero-order valence-corrected chi connectivity index (χ0v) is 11.9. The smallest absolute Gasteiger partial charge is 0.225 e. The van der Waals surface area contributed by atoms with Crippen LogP contribution in [-0.4, -0.2) is 55.0 Å². The van der Waals surface area contributed by atoms with Gasteiger partial charge >= 0.3 is 0 Å². The number of nitrogens with two attached hydrogens (primary N) is 1. The molecule has 0 aromatic rings. The molecule has 0 bridgehead atoms. The minimum absolute atomic E-state index is 0.258. The number of hydrogen-bond acceptors (Lipinski definition) is 3. The third kappa shape index (κ3) is 3.80. The standard InChI is InChI=1S/C15H27N3O/c1-2-7-17-8-10-18(11-9-17)15(19)14-5-3-13(12-16)4-6-14/h2,13-14H,1,3-12,16H2. The zero-order valence-electron chi connectivity index (χ0n) is 11.9. The Hall–Kier alpha value is -0.870. The molecule has 0 unspecified atom stereocenters. The van der Waals surface area contributed by atoms with E-state index in [2.05, 4.69) is 16.4 Å². The fraction of sp³-hybridized carbons (Fsp3) is 0.800. The Labute approximate surface area is 116 Å². The Morgan fingerprint density at radius 1 is 1.16 bits per heavy atom. The topological polar surface area (TPSA) is 49.6 Å². The normalized spacial score (nSPS) is 29.2. The second kappa shape index (κ2) is 7.06. The largest absolute Gasteiger partial charge is 0.340 e. The van der Waals surface area contributed by atoms with Crippen LogP contribution >= 0.6 is 0 Å². The molecule has 1 aliphatic carbocycles. The molecule has 0 atom stereocenters. The predicted molar refractivity (Wildman–Crippen MR) is 77.7 cm³/mol. The summed E-state index contributed by atoms with van der Waals surface area (Å²) in [6.45, 7) is 9.20. The molecular formula is C15H27N3O. The molecule has 19 heavy (non-hydrogen) atoms. The van der Waals surface area contributed by atoms with Gasteiger partial charge in [-0.1, -0.05) is 6.08 Å². The van der Waals surface area contributed by atoms with E-state index in [4.69, 9.17) is 5.73 Å². The Kier molecular flexibility index (Phi) is 5.40. The summed E-state index contributed by atoms with van der Waals surface area (Å²) in [4.78, 5) is 16.9. The van der Waals surface area contributed by atoms with Crippen molar-refractivity contribution in [3.05, 3.63) is 12.7 Å². The van der Waals surface area contributed by atoms with E-state index in [1.54, 1.807) is 0 Å². The summed E-state index contributed by atoms with van der Waals surface area (Å²) in [6, 6.07) is 0. The van der Waals surface area contributed by atoms with Crippen molar-refractivity contribution in [1.82, 2.24) is 9.80 Å². The number of carbonyl (C=O) groups is 1. The van der Waals surface area contributed by atoms with E-state index in [1.807, 2.05) is 6.08 Å². The lowest BCUT2D eigenvalue weighted by molar-refractivity contribution is -0.138. The van der Waals surface area contributed by atoms with Gasteiger partial charge in [-0.3, -0.25) is 9.69 Å². The lowest BCUT2D eigenvalue weighted by atomic mass is 9.81. The molecule has 1 heterocycles. The lowest BCUT2D eigenvalue weighted by Gasteiger charge is -2.37. The van der Waals surface area contributed by atoms with Gasteiger partial charge in [-0.15, -0.1) is 6.58 Å². The van der Waals surface area contributed by atoms with E-state index in [1.165, 1.54) is 0 Å². The molecule has 4 nitrogen and oxygen atoms in total. The summed E-state index contributed by atoms with van der Waals surface area (Å²) in [6.07, 6.45) is 6.26. The highest BCUT2D eigenvalue weighted by atomic mass is 16.2. The first kappa shape index (κ1) is 14.5. The summed E-state index contributed by atoms with van der Waals surface area (Å²) in [5.41, 5.74) is 5.70. The first-order valence-corrected chi connectivity index (χ1v) is 7.56. The van der Waals surface area contributed by atoms with Crippen LogP contribution in [0.15, 0.2) is 12.7 Å². The van der Waals surface area contributed by atoms with Gasteiger partial charge in [0.2, 0.25) is 5.91 Å². The molecular weight excluding hydrogens is 238 g/mol.